The van der Waals surface area contributed by atoms with Gasteiger partial charge in [-0.25, -0.2) is 9.37 Å². The molecule has 0 aliphatic carbocycles. The van der Waals surface area contributed by atoms with Crippen molar-refractivity contribution in [3.63, 3.8) is 0 Å². The summed E-state index contributed by atoms with van der Waals surface area (Å²) in [6.45, 7) is 1.34. The highest BCUT2D eigenvalue weighted by molar-refractivity contribution is 5.65. The number of benzene rings is 1. The smallest absolute Gasteiger partial charge is 0.221 e. The van der Waals surface area contributed by atoms with Crippen LogP contribution in [-0.4, -0.2) is 21.7 Å². The topological polar surface area (TPSA) is 81.1 Å². The summed E-state index contributed by atoms with van der Waals surface area (Å²) >= 11 is 0. The van der Waals surface area contributed by atoms with E-state index in [0.29, 0.717) is 24.2 Å². The zero-order valence-electron chi connectivity index (χ0n) is 12.2. The molecule has 0 atom stereocenters. The van der Waals surface area contributed by atoms with Crippen LogP contribution in [-0.2, 0) is 13.0 Å². The highest BCUT2D eigenvalue weighted by Crippen LogP contribution is 2.31. The Morgan fingerprint density at radius 1 is 1.26 bits per heavy atom. The van der Waals surface area contributed by atoms with Crippen LogP contribution >= 0.6 is 0 Å². The predicted octanol–water partition coefficient (Wildman–Crippen LogP) is 2.42. The van der Waals surface area contributed by atoms with Gasteiger partial charge in [0.25, 0.3) is 0 Å². The van der Waals surface area contributed by atoms with E-state index in [1.807, 2.05) is 12.1 Å². The Bertz CT molecular complexity index is 863. The first-order valence-corrected chi connectivity index (χ1v) is 7.27. The molecule has 0 fully saturated rings. The zero-order valence-corrected chi connectivity index (χ0v) is 12.2. The first-order valence-electron chi connectivity index (χ1n) is 7.27. The van der Waals surface area contributed by atoms with Gasteiger partial charge in [-0.2, -0.15) is 4.98 Å². The highest BCUT2D eigenvalue weighted by Gasteiger charge is 2.25. The summed E-state index contributed by atoms with van der Waals surface area (Å²) in [5.74, 6) is 1.54. The zero-order chi connectivity index (χ0) is 15.8. The third-order valence-corrected chi connectivity index (χ3v) is 3.91. The second-order valence-corrected chi connectivity index (χ2v) is 5.39. The van der Waals surface area contributed by atoms with Crippen molar-refractivity contribution in [3.8, 4) is 11.3 Å². The minimum absolute atomic E-state index is 0.240. The molecule has 1 aliphatic rings. The van der Waals surface area contributed by atoms with E-state index < -0.39 is 0 Å². The Hall–Kier alpha value is -2.96. The van der Waals surface area contributed by atoms with Crippen LogP contribution in [0.25, 0.3) is 11.3 Å². The van der Waals surface area contributed by atoms with Crippen molar-refractivity contribution in [1.82, 2.24) is 15.1 Å². The van der Waals surface area contributed by atoms with Crippen LogP contribution in [0.5, 0.6) is 0 Å². The van der Waals surface area contributed by atoms with Gasteiger partial charge >= 0.3 is 0 Å². The minimum atomic E-state index is -0.296. The number of rotatable bonds is 2. The molecule has 6 nitrogen and oxygen atoms in total. The molecule has 1 aliphatic heterocycles. The SMILES string of the molecule is Nc1nccc(N2CCc3onc(-c4cccc(F)c4)c3C2)n1. The van der Waals surface area contributed by atoms with E-state index >= 15 is 0 Å². The van der Waals surface area contributed by atoms with Crippen LogP contribution in [0.3, 0.4) is 0 Å². The van der Waals surface area contributed by atoms with E-state index in [1.165, 1.54) is 12.1 Å². The fourth-order valence-electron chi connectivity index (χ4n) is 2.81. The molecule has 1 aromatic carbocycles. The molecular weight excluding hydrogens is 297 g/mol. The van der Waals surface area contributed by atoms with E-state index in [2.05, 4.69) is 20.0 Å². The lowest BCUT2D eigenvalue weighted by Crippen LogP contribution is -2.30. The summed E-state index contributed by atoms with van der Waals surface area (Å²) in [5.41, 5.74) is 7.99. The van der Waals surface area contributed by atoms with E-state index in [1.54, 1.807) is 12.3 Å². The monoisotopic (exact) mass is 311 g/mol. The summed E-state index contributed by atoms with van der Waals surface area (Å²) in [6.07, 6.45) is 2.34. The van der Waals surface area contributed by atoms with Crippen molar-refractivity contribution < 1.29 is 8.91 Å². The van der Waals surface area contributed by atoms with Crippen molar-refractivity contribution in [2.24, 2.45) is 0 Å². The van der Waals surface area contributed by atoms with Crippen LogP contribution in [0.2, 0.25) is 0 Å². The number of anilines is 2. The number of nitrogen functional groups attached to an aromatic ring is 1. The fraction of sp³-hybridized carbons (Fsp3) is 0.188. The van der Waals surface area contributed by atoms with E-state index in [0.717, 1.165) is 23.7 Å². The van der Waals surface area contributed by atoms with Gasteiger partial charge in [-0.1, -0.05) is 17.3 Å². The Morgan fingerprint density at radius 2 is 2.17 bits per heavy atom. The van der Waals surface area contributed by atoms with Gasteiger partial charge in [0.05, 0.1) is 6.54 Å². The molecule has 0 bridgehead atoms. The summed E-state index contributed by atoms with van der Waals surface area (Å²) in [7, 11) is 0. The van der Waals surface area contributed by atoms with Gasteiger partial charge < -0.3 is 15.2 Å². The van der Waals surface area contributed by atoms with Crippen molar-refractivity contribution in [3.05, 3.63) is 53.7 Å². The molecule has 3 aromatic rings. The molecule has 116 valence electrons. The van der Waals surface area contributed by atoms with Crippen LogP contribution in [0, 0.1) is 5.82 Å². The standard InChI is InChI=1S/C16H14FN5O/c17-11-3-1-2-10(8-11)15-12-9-22(7-5-13(12)23-21-15)14-4-6-19-16(18)20-14/h1-4,6,8H,5,7,9H2,(H2,18,19,20). The molecule has 0 amide bonds. The molecule has 3 heterocycles. The molecule has 0 unspecified atom stereocenters. The normalized spacial score (nSPS) is 13.9. The van der Waals surface area contributed by atoms with Crippen LogP contribution in [0.15, 0.2) is 41.1 Å². The van der Waals surface area contributed by atoms with Crippen molar-refractivity contribution in [2.75, 3.05) is 17.2 Å². The fourth-order valence-corrected chi connectivity index (χ4v) is 2.81. The van der Waals surface area contributed by atoms with Gasteiger partial charge in [-0.3, -0.25) is 0 Å². The second-order valence-electron chi connectivity index (χ2n) is 5.39. The predicted molar refractivity (Wildman–Crippen MR) is 83.1 cm³/mol. The molecule has 0 radical (unpaired) electrons. The molecule has 4 rings (SSSR count). The van der Waals surface area contributed by atoms with Gasteiger partial charge in [0.1, 0.15) is 23.1 Å². The first-order chi connectivity index (χ1) is 11.2. The highest BCUT2D eigenvalue weighted by atomic mass is 19.1. The largest absolute Gasteiger partial charge is 0.368 e. The summed E-state index contributed by atoms with van der Waals surface area (Å²) in [4.78, 5) is 10.2. The number of nitrogens with two attached hydrogens (primary N) is 1. The lowest BCUT2D eigenvalue weighted by molar-refractivity contribution is 0.379. The number of fused-ring (bicyclic) bond motifs is 1. The number of aromatic nitrogens is 3. The summed E-state index contributed by atoms with van der Waals surface area (Å²) in [6, 6.07) is 8.17. The average molecular weight is 311 g/mol. The maximum absolute atomic E-state index is 13.5. The first kappa shape index (κ1) is 13.7. The van der Waals surface area contributed by atoms with Crippen LogP contribution < -0.4 is 10.6 Å². The maximum atomic E-state index is 13.5. The Kier molecular flexibility index (Phi) is 3.18. The summed E-state index contributed by atoms with van der Waals surface area (Å²) < 4.78 is 18.9. The Balaban J connectivity index is 1.70. The molecule has 0 spiro atoms. The second kappa shape index (κ2) is 5.35. The quantitative estimate of drug-likeness (QED) is 0.783. The van der Waals surface area contributed by atoms with Gasteiger partial charge in [0.2, 0.25) is 5.95 Å². The molecule has 2 N–H and O–H groups in total. The molecule has 0 saturated heterocycles. The number of nitrogens with zero attached hydrogens (tertiary/aromatic N) is 4. The number of hydrogen-bond donors (Lipinski definition) is 1. The van der Waals surface area contributed by atoms with Crippen LogP contribution in [0.4, 0.5) is 16.2 Å². The third kappa shape index (κ3) is 2.50. The Morgan fingerprint density at radius 3 is 3.00 bits per heavy atom. The lowest BCUT2D eigenvalue weighted by Gasteiger charge is -2.27. The molecule has 23 heavy (non-hydrogen) atoms. The van der Waals surface area contributed by atoms with Crippen LogP contribution in [0.1, 0.15) is 11.3 Å². The molecular formula is C16H14FN5O. The van der Waals surface area contributed by atoms with Crippen molar-refractivity contribution >= 4 is 11.8 Å². The molecule has 0 saturated carbocycles. The number of hydrogen-bond acceptors (Lipinski definition) is 6. The minimum Gasteiger partial charge on any atom is -0.368 e. The van der Waals surface area contributed by atoms with Gasteiger partial charge in [-0.15, -0.1) is 0 Å². The van der Waals surface area contributed by atoms with Gasteiger partial charge in [-0.05, 0) is 18.2 Å². The van der Waals surface area contributed by atoms with Gasteiger partial charge in [0.15, 0.2) is 0 Å². The van der Waals surface area contributed by atoms with Crippen molar-refractivity contribution in [2.45, 2.75) is 13.0 Å². The maximum Gasteiger partial charge on any atom is 0.221 e. The lowest BCUT2D eigenvalue weighted by atomic mass is 10.0. The average Bonchev–Trinajstić information content (AvgIpc) is 2.98. The van der Waals surface area contributed by atoms with Crippen molar-refractivity contribution in [1.29, 1.82) is 0 Å². The van der Waals surface area contributed by atoms with Gasteiger partial charge in [0, 0.05) is 30.3 Å². The summed E-state index contributed by atoms with van der Waals surface area (Å²) in [5, 5.41) is 4.13. The van der Waals surface area contributed by atoms with E-state index in [4.69, 9.17) is 10.3 Å². The number of halogens is 1. The molecule has 7 heteroatoms. The Labute approximate surface area is 131 Å². The molecule has 2 aromatic heterocycles. The van der Waals surface area contributed by atoms with E-state index in [9.17, 15) is 4.39 Å². The third-order valence-electron chi connectivity index (χ3n) is 3.91. The van der Waals surface area contributed by atoms with E-state index in [-0.39, 0.29) is 11.8 Å².